The van der Waals surface area contributed by atoms with Gasteiger partial charge in [0.05, 0.1) is 6.42 Å². The van der Waals surface area contributed by atoms with Gasteiger partial charge in [0.25, 0.3) is 0 Å². The predicted molar refractivity (Wildman–Crippen MR) is 79.0 cm³/mol. The molecule has 3 nitrogen and oxygen atoms in total. The maximum atomic E-state index is 13.5. The van der Waals surface area contributed by atoms with Crippen molar-refractivity contribution >= 4 is 17.3 Å². The van der Waals surface area contributed by atoms with Gasteiger partial charge in [-0.15, -0.1) is 0 Å². The van der Waals surface area contributed by atoms with Crippen molar-refractivity contribution in [2.24, 2.45) is 0 Å². The Bertz CT molecular complexity index is 699. The van der Waals surface area contributed by atoms with Crippen molar-refractivity contribution in [1.82, 2.24) is 0 Å². The number of benzene rings is 2. The van der Waals surface area contributed by atoms with E-state index in [9.17, 15) is 13.6 Å². The number of hydrogen-bond acceptors (Lipinski definition) is 2. The molecule has 5 heteroatoms. The van der Waals surface area contributed by atoms with Gasteiger partial charge in [0, 0.05) is 16.9 Å². The lowest BCUT2D eigenvalue weighted by Crippen LogP contribution is -2.17. The minimum atomic E-state index is -0.992. The number of nitrogens with two attached hydrogens (primary N) is 1. The van der Waals surface area contributed by atoms with E-state index in [4.69, 9.17) is 5.73 Å². The van der Waals surface area contributed by atoms with Crippen molar-refractivity contribution in [2.45, 2.75) is 20.3 Å². The Labute approximate surface area is 121 Å². The molecule has 21 heavy (non-hydrogen) atoms. The molecule has 0 saturated heterocycles. The lowest BCUT2D eigenvalue weighted by Gasteiger charge is -2.13. The van der Waals surface area contributed by atoms with E-state index in [0.717, 1.165) is 17.2 Å². The minimum Gasteiger partial charge on any atom is -0.398 e. The van der Waals surface area contributed by atoms with Crippen LogP contribution in [0, 0.1) is 25.5 Å². The Hall–Kier alpha value is -2.43. The van der Waals surface area contributed by atoms with Gasteiger partial charge in [-0.1, -0.05) is 18.2 Å². The zero-order chi connectivity index (χ0) is 15.6. The van der Waals surface area contributed by atoms with Gasteiger partial charge >= 0.3 is 0 Å². The molecule has 0 aliphatic heterocycles. The smallest absolute Gasteiger partial charge is 0.228 e. The Morgan fingerprint density at radius 3 is 2.62 bits per heavy atom. The van der Waals surface area contributed by atoms with E-state index in [-0.39, 0.29) is 12.0 Å². The van der Waals surface area contributed by atoms with Crippen molar-refractivity contribution in [2.75, 3.05) is 11.1 Å². The highest BCUT2D eigenvalue weighted by atomic mass is 19.2. The molecule has 0 radical (unpaired) electrons. The summed E-state index contributed by atoms with van der Waals surface area (Å²) in [5.74, 6) is -2.37. The summed E-state index contributed by atoms with van der Waals surface area (Å²) in [7, 11) is 0. The third-order valence-electron chi connectivity index (χ3n) is 3.36. The molecule has 3 N–H and O–H groups in total. The molecule has 0 heterocycles. The largest absolute Gasteiger partial charge is 0.398 e. The number of nitrogen functional groups attached to an aromatic ring is 1. The van der Waals surface area contributed by atoms with Gasteiger partial charge in [-0.25, -0.2) is 8.78 Å². The second-order valence-electron chi connectivity index (χ2n) is 4.91. The van der Waals surface area contributed by atoms with E-state index in [2.05, 4.69) is 5.32 Å². The van der Waals surface area contributed by atoms with Crippen LogP contribution in [0.3, 0.4) is 0 Å². The summed E-state index contributed by atoms with van der Waals surface area (Å²) in [4.78, 5) is 12.0. The van der Waals surface area contributed by atoms with Gasteiger partial charge in [0.15, 0.2) is 11.6 Å². The summed E-state index contributed by atoms with van der Waals surface area (Å²) in [5, 5.41) is 2.71. The summed E-state index contributed by atoms with van der Waals surface area (Å²) in [6.45, 7) is 3.63. The molecular weight excluding hydrogens is 274 g/mol. The number of amides is 1. The molecule has 0 fully saturated rings. The van der Waals surface area contributed by atoms with Crippen LogP contribution in [0.25, 0.3) is 0 Å². The highest BCUT2D eigenvalue weighted by Crippen LogP contribution is 2.25. The molecule has 0 unspecified atom stereocenters. The second-order valence-corrected chi connectivity index (χ2v) is 4.91. The average Bonchev–Trinajstić information content (AvgIpc) is 2.44. The highest BCUT2D eigenvalue weighted by Gasteiger charge is 2.14. The quantitative estimate of drug-likeness (QED) is 0.852. The molecule has 0 spiro atoms. The number of nitrogens with one attached hydrogen (secondary N) is 1. The van der Waals surface area contributed by atoms with Crippen LogP contribution in [-0.4, -0.2) is 5.91 Å². The summed E-state index contributed by atoms with van der Waals surface area (Å²) < 4.78 is 26.7. The van der Waals surface area contributed by atoms with Crippen LogP contribution in [0.5, 0.6) is 0 Å². The van der Waals surface area contributed by atoms with Crippen LogP contribution in [-0.2, 0) is 11.2 Å². The first-order valence-corrected chi connectivity index (χ1v) is 6.48. The van der Waals surface area contributed by atoms with E-state index in [1.807, 2.05) is 6.92 Å². The van der Waals surface area contributed by atoms with Gasteiger partial charge in [-0.05, 0) is 37.1 Å². The Kier molecular flexibility index (Phi) is 4.21. The van der Waals surface area contributed by atoms with Crippen molar-refractivity contribution in [3.05, 3.63) is 58.7 Å². The third kappa shape index (κ3) is 3.18. The number of aryl methyl sites for hydroxylation is 1. The molecule has 1 amide bonds. The van der Waals surface area contributed by atoms with E-state index in [0.29, 0.717) is 11.4 Å². The minimum absolute atomic E-state index is 0.0201. The Morgan fingerprint density at radius 2 is 1.90 bits per heavy atom. The molecule has 110 valence electrons. The van der Waals surface area contributed by atoms with E-state index < -0.39 is 17.5 Å². The van der Waals surface area contributed by atoms with Crippen LogP contribution in [0.1, 0.15) is 16.7 Å². The first-order valence-electron chi connectivity index (χ1n) is 6.48. The van der Waals surface area contributed by atoms with E-state index in [1.54, 1.807) is 19.1 Å². The number of hydrogen-bond donors (Lipinski definition) is 2. The number of carbonyl (C=O) groups excluding carboxylic acids is 1. The maximum absolute atomic E-state index is 13.5. The lowest BCUT2D eigenvalue weighted by atomic mass is 10.1. The molecular formula is C16H16F2N2O. The first kappa shape index (κ1) is 15.0. The number of rotatable bonds is 3. The van der Waals surface area contributed by atoms with Crippen LogP contribution in [0.4, 0.5) is 20.2 Å². The van der Waals surface area contributed by atoms with Gasteiger partial charge in [-0.3, -0.25) is 4.79 Å². The van der Waals surface area contributed by atoms with E-state index in [1.165, 1.54) is 12.1 Å². The molecule has 0 aliphatic rings. The fraction of sp³-hybridized carbons (Fsp3) is 0.188. The third-order valence-corrected chi connectivity index (χ3v) is 3.36. The van der Waals surface area contributed by atoms with Gasteiger partial charge in [-0.2, -0.15) is 0 Å². The lowest BCUT2D eigenvalue weighted by molar-refractivity contribution is -0.115. The zero-order valence-electron chi connectivity index (χ0n) is 11.8. The van der Waals surface area contributed by atoms with Gasteiger partial charge in [0.1, 0.15) is 0 Å². The molecule has 0 saturated carbocycles. The average molecular weight is 290 g/mol. The van der Waals surface area contributed by atoms with Crippen molar-refractivity contribution in [1.29, 1.82) is 0 Å². The number of carbonyl (C=O) groups is 1. The molecule has 2 aromatic rings. The van der Waals surface area contributed by atoms with Crippen molar-refractivity contribution < 1.29 is 13.6 Å². The molecule has 0 aromatic heterocycles. The first-order chi connectivity index (χ1) is 9.90. The van der Waals surface area contributed by atoms with Gasteiger partial charge < -0.3 is 11.1 Å². The Balaban J connectivity index is 2.20. The van der Waals surface area contributed by atoms with Crippen LogP contribution < -0.4 is 11.1 Å². The summed E-state index contributed by atoms with van der Waals surface area (Å²) in [6.07, 6.45) is -0.239. The fourth-order valence-electron chi connectivity index (χ4n) is 2.10. The monoisotopic (exact) mass is 290 g/mol. The van der Waals surface area contributed by atoms with Crippen LogP contribution >= 0.6 is 0 Å². The fourth-order valence-corrected chi connectivity index (χ4v) is 2.10. The second kappa shape index (κ2) is 5.91. The molecule has 0 atom stereocenters. The zero-order valence-corrected chi connectivity index (χ0v) is 11.8. The summed E-state index contributed by atoms with van der Waals surface area (Å²) in [5.41, 5.74) is 8.60. The number of halogens is 2. The SMILES string of the molecule is Cc1ccc(N)c(C)c1NC(=O)Cc1cccc(F)c1F. The van der Waals surface area contributed by atoms with E-state index >= 15 is 0 Å². The molecule has 2 aromatic carbocycles. The predicted octanol–water partition coefficient (Wildman–Crippen LogP) is 3.35. The van der Waals surface area contributed by atoms with Crippen LogP contribution in [0.15, 0.2) is 30.3 Å². The normalized spacial score (nSPS) is 10.5. The molecule has 0 aliphatic carbocycles. The van der Waals surface area contributed by atoms with Crippen molar-refractivity contribution in [3.63, 3.8) is 0 Å². The molecule has 0 bridgehead atoms. The van der Waals surface area contributed by atoms with Crippen LogP contribution in [0.2, 0.25) is 0 Å². The Morgan fingerprint density at radius 1 is 1.19 bits per heavy atom. The molecule has 2 rings (SSSR count). The number of anilines is 2. The van der Waals surface area contributed by atoms with Crippen molar-refractivity contribution in [3.8, 4) is 0 Å². The topological polar surface area (TPSA) is 55.1 Å². The summed E-state index contributed by atoms with van der Waals surface area (Å²) >= 11 is 0. The summed E-state index contributed by atoms with van der Waals surface area (Å²) in [6, 6.07) is 7.32. The standard InChI is InChI=1S/C16H16F2N2O/c1-9-6-7-13(19)10(2)16(9)20-14(21)8-11-4-3-5-12(17)15(11)18/h3-7H,8,19H2,1-2H3,(H,20,21). The maximum Gasteiger partial charge on any atom is 0.228 e. The van der Waals surface area contributed by atoms with Gasteiger partial charge in [0.2, 0.25) is 5.91 Å². The highest BCUT2D eigenvalue weighted by molar-refractivity contribution is 5.94.